The quantitative estimate of drug-likeness (QED) is 0.837. The van der Waals surface area contributed by atoms with E-state index in [0.717, 1.165) is 15.4 Å². The van der Waals surface area contributed by atoms with Crippen LogP contribution in [0.3, 0.4) is 0 Å². The van der Waals surface area contributed by atoms with Crippen LogP contribution in [0.1, 0.15) is 11.8 Å². The van der Waals surface area contributed by atoms with E-state index >= 15 is 0 Å². The largest absolute Gasteiger partial charge is 0.299 e. The highest BCUT2D eigenvalue weighted by Crippen LogP contribution is 2.31. The first-order valence-corrected chi connectivity index (χ1v) is 5.75. The van der Waals surface area contributed by atoms with Gasteiger partial charge in [-0.3, -0.25) is 5.32 Å². The molecule has 0 aromatic carbocycles. The van der Waals surface area contributed by atoms with Crippen molar-refractivity contribution >= 4 is 38.9 Å². The molecule has 0 aliphatic heterocycles. The summed E-state index contributed by atoms with van der Waals surface area (Å²) in [6.45, 7) is 2.71. The molecule has 1 aromatic rings. The van der Waals surface area contributed by atoms with Crippen molar-refractivity contribution in [3.8, 4) is 12.3 Å². The van der Waals surface area contributed by atoms with Crippen molar-refractivity contribution in [3.63, 3.8) is 0 Å². The molecule has 0 aliphatic carbocycles. The van der Waals surface area contributed by atoms with Crippen molar-refractivity contribution in [2.24, 2.45) is 0 Å². The van der Waals surface area contributed by atoms with Crippen LogP contribution in [0, 0.1) is 12.3 Å². The van der Waals surface area contributed by atoms with Gasteiger partial charge in [-0.15, -0.1) is 17.8 Å². The maximum absolute atomic E-state index is 5.88. The van der Waals surface area contributed by atoms with Gasteiger partial charge in [0.1, 0.15) is 4.34 Å². The minimum atomic E-state index is 0.0969. The summed E-state index contributed by atoms with van der Waals surface area (Å²) in [4.78, 5) is 1.18. The maximum Gasteiger partial charge on any atom is 0.107 e. The molecule has 1 N–H and O–H groups in total. The summed E-state index contributed by atoms with van der Waals surface area (Å²) in [5.74, 6) is 2.61. The van der Waals surface area contributed by atoms with E-state index in [4.69, 9.17) is 18.0 Å². The van der Waals surface area contributed by atoms with Crippen LogP contribution >= 0.6 is 38.9 Å². The second kappa shape index (κ2) is 5.02. The third kappa shape index (κ3) is 3.32. The third-order valence-electron chi connectivity index (χ3n) is 1.53. The summed E-state index contributed by atoms with van der Waals surface area (Å²) in [7, 11) is 0. The van der Waals surface area contributed by atoms with Gasteiger partial charge in [-0.2, -0.15) is 0 Å². The predicted molar refractivity (Wildman–Crippen MR) is 62.2 cm³/mol. The van der Waals surface area contributed by atoms with Crippen LogP contribution in [-0.4, -0.2) is 6.04 Å². The fourth-order valence-electron chi connectivity index (χ4n) is 0.791. The van der Waals surface area contributed by atoms with Crippen molar-refractivity contribution in [1.29, 1.82) is 0 Å². The smallest absolute Gasteiger partial charge is 0.107 e. The first kappa shape index (κ1) is 11.1. The molecule has 0 amide bonds. The monoisotopic (exact) mass is 277 g/mol. The van der Waals surface area contributed by atoms with Gasteiger partial charge in [-0.25, -0.2) is 0 Å². The van der Waals surface area contributed by atoms with E-state index in [0.29, 0.717) is 0 Å². The lowest BCUT2D eigenvalue weighted by molar-refractivity contribution is 0.654. The minimum Gasteiger partial charge on any atom is -0.299 e. The Morgan fingerprint density at radius 1 is 1.85 bits per heavy atom. The van der Waals surface area contributed by atoms with Crippen LogP contribution in [0.4, 0.5) is 0 Å². The van der Waals surface area contributed by atoms with Gasteiger partial charge in [-0.1, -0.05) is 17.5 Å². The molecule has 0 fully saturated rings. The topological polar surface area (TPSA) is 12.0 Å². The summed E-state index contributed by atoms with van der Waals surface area (Å²) in [5, 5.41) is 3.18. The highest BCUT2D eigenvalue weighted by molar-refractivity contribution is 9.10. The zero-order chi connectivity index (χ0) is 9.84. The Morgan fingerprint density at radius 2 is 2.54 bits per heavy atom. The zero-order valence-corrected chi connectivity index (χ0v) is 10.3. The van der Waals surface area contributed by atoms with Crippen molar-refractivity contribution in [1.82, 2.24) is 5.32 Å². The number of hydrogen-bond acceptors (Lipinski definition) is 2. The minimum absolute atomic E-state index is 0.0969. The van der Waals surface area contributed by atoms with Gasteiger partial charge in [0.15, 0.2) is 0 Å². The molecule has 0 radical (unpaired) electrons. The molecule has 1 rings (SSSR count). The van der Waals surface area contributed by atoms with E-state index in [1.54, 1.807) is 11.3 Å². The summed E-state index contributed by atoms with van der Waals surface area (Å²) < 4.78 is 1.73. The van der Waals surface area contributed by atoms with Gasteiger partial charge in [-0.05, 0) is 28.9 Å². The number of terminal acetylenes is 1. The summed E-state index contributed by atoms with van der Waals surface area (Å²) in [6, 6.07) is 2.10. The molecule has 1 atom stereocenters. The summed E-state index contributed by atoms with van der Waals surface area (Å²) >= 11 is 10.8. The standard InChI is InChI=1S/C9H9BrClNS/c1-3-6(2)12-5-7-4-8(10)9(11)13-7/h1,4,6,12H,5H2,2H3. The van der Waals surface area contributed by atoms with E-state index in [9.17, 15) is 0 Å². The first-order valence-electron chi connectivity index (χ1n) is 3.76. The first-order chi connectivity index (χ1) is 6.13. The highest BCUT2D eigenvalue weighted by atomic mass is 79.9. The van der Waals surface area contributed by atoms with Crippen molar-refractivity contribution in [3.05, 3.63) is 19.8 Å². The molecule has 0 saturated carbocycles. The van der Waals surface area contributed by atoms with E-state index < -0.39 is 0 Å². The average Bonchev–Trinajstić information content (AvgIpc) is 2.42. The van der Waals surface area contributed by atoms with Crippen LogP contribution in [0.25, 0.3) is 0 Å². The Morgan fingerprint density at radius 3 is 3.00 bits per heavy atom. The molecule has 1 aromatic heterocycles. The molecule has 0 aliphatic rings. The normalized spacial score (nSPS) is 12.5. The van der Waals surface area contributed by atoms with Gasteiger partial charge in [0.05, 0.1) is 6.04 Å². The Labute approximate surface area is 95.6 Å². The Balaban J connectivity index is 2.51. The third-order valence-corrected chi connectivity index (χ3v) is 4.00. The lowest BCUT2D eigenvalue weighted by atomic mass is 10.3. The molecule has 4 heteroatoms. The molecule has 0 bridgehead atoms. The van der Waals surface area contributed by atoms with Crippen LogP contribution < -0.4 is 5.32 Å². The SMILES string of the molecule is C#CC(C)NCc1cc(Br)c(Cl)s1. The Kier molecular flexibility index (Phi) is 4.27. The van der Waals surface area contributed by atoms with Gasteiger partial charge in [0, 0.05) is 15.9 Å². The van der Waals surface area contributed by atoms with Crippen LogP contribution in [0.2, 0.25) is 4.34 Å². The molecular formula is C9H9BrClNS. The van der Waals surface area contributed by atoms with Crippen LogP contribution in [0.15, 0.2) is 10.5 Å². The second-order valence-electron chi connectivity index (χ2n) is 2.60. The van der Waals surface area contributed by atoms with Crippen molar-refractivity contribution in [2.75, 3.05) is 0 Å². The molecule has 0 spiro atoms. The number of rotatable bonds is 3. The van der Waals surface area contributed by atoms with Gasteiger partial charge < -0.3 is 0 Å². The fraction of sp³-hybridized carbons (Fsp3) is 0.333. The van der Waals surface area contributed by atoms with Gasteiger partial charge in [0.2, 0.25) is 0 Å². The fourth-order valence-corrected chi connectivity index (χ4v) is 2.53. The van der Waals surface area contributed by atoms with Crippen LogP contribution in [-0.2, 0) is 6.54 Å². The Bertz CT molecular complexity index is 309. The van der Waals surface area contributed by atoms with Crippen LogP contribution in [0.5, 0.6) is 0 Å². The van der Waals surface area contributed by atoms with Gasteiger partial charge in [0.25, 0.3) is 0 Å². The molecule has 1 nitrogen and oxygen atoms in total. The van der Waals surface area contributed by atoms with E-state index in [1.165, 1.54) is 4.88 Å². The molecule has 13 heavy (non-hydrogen) atoms. The van der Waals surface area contributed by atoms with Crippen molar-refractivity contribution in [2.45, 2.75) is 19.5 Å². The average molecular weight is 279 g/mol. The number of thiophene rings is 1. The number of halogens is 2. The number of nitrogens with one attached hydrogen (secondary N) is 1. The molecule has 70 valence electrons. The Hall–Kier alpha value is -0.0100. The molecule has 0 saturated heterocycles. The second-order valence-corrected chi connectivity index (χ2v) is 5.20. The highest BCUT2D eigenvalue weighted by Gasteiger charge is 2.04. The molecule has 1 unspecified atom stereocenters. The lowest BCUT2D eigenvalue weighted by Crippen LogP contribution is -2.22. The molecular weight excluding hydrogens is 270 g/mol. The summed E-state index contributed by atoms with van der Waals surface area (Å²) in [6.07, 6.45) is 5.23. The lowest BCUT2D eigenvalue weighted by Gasteiger charge is -2.04. The van der Waals surface area contributed by atoms with Crippen molar-refractivity contribution < 1.29 is 0 Å². The van der Waals surface area contributed by atoms with E-state index in [-0.39, 0.29) is 6.04 Å². The summed E-state index contributed by atoms with van der Waals surface area (Å²) in [5.41, 5.74) is 0. The van der Waals surface area contributed by atoms with E-state index in [2.05, 4.69) is 27.2 Å². The zero-order valence-electron chi connectivity index (χ0n) is 7.10. The van der Waals surface area contributed by atoms with Gasteiger partial charge >= 0.3 is 0 Å². The predicted octanol–water partition coefficient (Wildman–Crippen LogP) is 3.28. The number of hydrogen-bond donors (Lipinski definition) is 1. The maximum atomic E-state index is 5.88. The van der Waals surface area contributed by atoms with E-state index in [1.807, 2.05) is 13.0 Å². The molecule has 1 heterocycles.